The molecule has 0 saturated heterocycles. The van der Waals surface area contributed by atoms with E-state index >= 15 is 0 Å². The Morgan fingerprint density at radius 1 is 1.06 bits per heavy atom. The summed E-state index contributed by atoms with van der Waals surface area (Å²) in [6, 6.07) is 9.10. The van der Waals surface area contributed by atoms with Crippen molar-refractivity contribution in [3.8, 4) is 0 Å². The van der Waals surface area contributed by atoms with Crippen LogP contribution in [-0.4, -0.2) is 22.2 Å². The van der Waals surface area contributed by atoms with Crippen LogP contribution in [0.2, 0.25) is 0 Å². The maximum atomic E-state index is 11.1. The monoisotopic (exact) mass is 246 g/mol. The number of aromatic carboxylic acids is 2. The number of hydrogen-bond donors (Lipinski definition) is 2. The van der Waals surface area contributed by atoms with Crippen LogP contribution in [0.1, 0.15) is 32.0 Å². The fourth-order valence-corrected chi connectivity index (χ4v) is 1.70. The van der Waals surface area contributed by atoms with E-state index in [-0.39, 0.29) is 23.3 Å². The van der Waals surface area contributed by atoms with Crippen molar-refractivity contribution in [1.82, 2.24) is 0 Å². The highest BCUT2D eigenvalue weighted by atomic mass is 16.4. The number of hydrogen-bond acceptors (Lipinski definition) is 3. The molecule has 0 aliphatic rings. The average Bonchev–Trinajstić information content (AvgIpc) is 2.74. The number of carboxylic acid groups (broad SMARTS) is 2. The van der Waals surface area contributed by atoms with Crippen molar-refractivity contribution >= 4 is 11.9 Å². The molecule has 0 saturated carbocycles. The van der Waals surface area contributed by atoms with E-state index in [1.807, 2.05) is 30.3 Å². The van der Waals surface area contributed by atoms with Crippen LogP contribution in [0.3, 0.4) is 0 Å². The summed E-state index contributed by atoms with van der Waals surface area (Å²) >= 11 is 0. The smallest absolute Gasteiger partial charge is 0.340 e. The third-order valence-corrected chi connectivity index (χ3v) is 2.52. The highest BCUT2D eigenvalue weighted by Gasteiger charge is 2.24. The Hall–Kier alpha value is -2.56. The summed E-state index contributed by atoms with van der Waals surface area (Å²) in [6.07, 6.45) is 1.21. The van der Waals surface area contributed by atoms with Crippen LogP contribution in [0, 0.1) is 0 Å². The standard InChI is InChI=1S/C13H10O5/c14-12(15)9-7-18-10(11(9)13(16)17)6-8-4-2-1-3-5-8/h1-5,7H,6H2,(H,14,15)(H,16,17). The fraction of sp³-hybridized carbons (Fsp3) is 0.0769. The van der Waals surface area contributed by atoms with Crippen molar-refractivity contribution in [1.29, 1.82) is 0 Å². The molecule has 0 amide bonds. The highest BCUT2D eigenvalue weighted by molar-refractivity contribution is 6.02. The second-order valence-corrected chi connectivity index (χ2v) is 3.72. The zero-order valence-electron chi connectivity index (χ0n) is 9.29. The third kappa shape index (κ3) is 2.24. The number of furan rings is 1. The molecule has 5 nitrogen and oxygen atoms in total. The van der Waals surface area contributed by atoms with Gasteiger partial charge in [0.1, 0.15) is 23.2 Å². The van der Waals surface area contributed by atoms with Gasteiger partial charge in [0.15, 0.2) is 0 Å². The van der Waals surface area contributed by atoms with E-state index in [4.69, 9.17) is 14.6 Å². The molecule has 0 unspecified atom stereocenters. The minimum Gasteiger partial charge on any atom is -0.478 e. The Morgan fingerprint density at radius 3 is 2.28 bits per heavy atom. The van der Waals surface area contributed by atoms with Crippen LogP contribution in [0.15, 0.2) is 41.0 Å². The van der Waals surface area contributed by atoms with Crippen LogP contribution in [-0.2, 0) is 6.42 Å². The van der Waals surface area contributed by atoms with Gasteiger partial charge in [0.25, 0.3) is 0 Å². The second-order valence-electron chi connectivity index (χ2n) is 3.72. The van der Waals surface area contributed by atoms with Crippen LogP contribution in [0.5, 0.6) is 0 Å². The normalized spacial score (nSPS) is 10.2. The van der Waals surface area contributed by atoms with Crippen LogP contribution >= 0.6 is 0 Å². The van der Waals surface area contributed by atoms with Gasteiger partial charge in [-0.25, -0.2) is 9.59 Å². The Labute approximate surface area is 102 Å². The highest BCUT2D eigenvalue weighted by Crippen LogP contribution is 2.20. The summed E-state index contributed by atoms with van der Waals surface area (Å²) in [7, 11) is 0. The largest absolute Gasteiger partial charge is 0.478 e. The molecule has 0 aliphatic heterocycles. The molecule has 1 aromatic heterocycles. The van der Waals surface area contributed by atoms with Gasteiger partial charge >= 0.3 is 11.9 Å². The van der Waals surface area contributed by atoms with Crippen LogP contribution in [0.25, 0.3) is 0 Å². The molecule has 2 aromatic rings. The minimum atomic E-state index is -1.31. The Morgan fingerprint density at radius 2 is 1.72 bits per heavy atom. The zero-order chi connectivity index (χ0) is 13.1. The average molecular weight is 246 g/mol. The first kappa shape index (κ1) is 11.9. The first-order valence-electron chi connectivity index (χ1n) is 5.20. The molecule has 0 spiro atoms. The summed E-state index contributed by atoms with van der Waals surface area (Å²) in [5.41, 5.74) is 0.242. The fourth-order valence-electron chi connectivity index (χ4n) is 1.70. The van der Waals surface area contributed by atoms with Crippen molar-refractivity contribution < 1.29 is 24.2 Å². The van der Waals surface area contributed by atoms with Crippen molar-refractivity contribution in [3.63, 3.8) is 0 Å². The molecule has 0 radical (unpaired) electrons. The van der Waals surface area contributed by atoms with E-state index in [1.54, 1.807) is 0 Å². The van der Waals surface area contributed by atoms with Crippen molar-refractivity contribution in [2.45, 2.75) is 6.42 Å². The van der Waals surface area contributed by atoms with Gasteiger partial charge in [0.2, 0.25) is 0 Å². The molecule has 1 aromatic carbocycles. The SMILES string of the molecule is O=C(O)c1coc(Cc2ccccc2)c1C(=O)O. The third-order valence-electron chi connectivity index (χ3n) is 2.52. The van der Waals surface area contributed by atoms with E-state index in [2.05, 4.69) is 0 Å². The Balaban J connectivity index is 2.40. The van der Waals surface area contributed by atoms with Gasteiger partial charge in [0.05, 0.1) is 0 Å². The molecular formula is C13H10O5. The molecule has 18 heavy (non-hydrogen) atoms. The summed E-state index contributed by atoms with van der Waals surface area (Å²) in [4.78, 5) is 21.9. The van der Waals surface area contributed by atoms with Crippen LogP contribution < -0.4 is 0 Å². The maximum Gasteiger partial charge on any atom is 0.340 e. The molecule has 5 heteroatoms. The molecule has 92 valence electrons. The molecule has 0 fully saturated rings. The number of carbonyl (C=O) groups is 2. The van der Waals surface area contributed by atoms with Gasteiger partial charge in [-0.1, -0.05) is 30.3 Å². The van der Waals surface area contributed by atoms with E-state index in [1.165, 1.54) is 0 Å². The van der Waals surface area contributed by atoms with Gasteiger partial charge < -0.3 is 14.6 Å². The molecule has 2 N–H and O–H groups in total. The Kier molecular flexibility index (Phi) is 3.14. The first-order chi connectivity index (χ1) is 8.59. The molecule has 0 aliphatic carbocycles. The zero-order valence-corrected chi connectivity index (χ0v) is 9.29. The van der Waals surface area contributed by atoms with Crippen LogP contribution in [0.4, 0.5) is 0 Å². The molecular weight excluding hydrogens is 236 g/mol. The van der Waals surface area contributed by atoms with Gasteiger partial charge in [-0.15, -0.1) is 0 Å². The quantitative estimate of drug-likeness (QED) is 0.863. The van der Waals surface area contributed by atoms with E-state index in [9.17, 15) is 9.59 Å². The van der Waals surface area contributed by atoms with Crippen molar-refractivity contribution in [2.24, 2.45) is 0 Å². The number of carboxylic acids is 2. The van der Waals surface area contributed by atoms with Crippen molar-refractivity contribution in [2.75, 3.05) is 0 Å². The maximum absolute atomic E-state index is 11.1. The van der Waals surface area contributed by atoms with Gasteiger partial charge in [-0.3, -0.25) is 0 Å². The Bertz CT molecular complexity index is 583. The molecule has 1 heterocycles. The summed E-state index contributed by atoms with van der Waals surface area (Å²) in [5.74, 6) is -2.46. The predicted molar refractivity (Wildman–Crippen MR) is 61.9 cm³/mol. The first-order valence-corrected chi connectivity index (χ1v) is 5.20. The lowest BCUT2D eigenvalue weighted by atomic mass is 10.1. The lowest BCUT2D eigenvalue weighted by Gasteiger charge is -2.00. The lowest BCUT2D eigenvalue weighted by molar-refractivity contribution is 0.0652. The molecule has 0 atom stereocenters. The summed E-state index contributed by atoms with van der Waals surface area (Å²) in [6.45, 7) is 0. The van der Waals surface area contributed by atoms with E-state index < -0.39 is 11.9 Å². The van der Waals surface area contributed by atoms with Gasteiger partial charge in [0, 0.05) is 6.42 Å². The lowest BCUT2D eigenvalue weighted by Crippen LogP contribution is -2.07. The van der Waals surface area contributed by atoms with Crippen molar-refractivity contribution in [3.05, 3.63) is 59.0 Å². The summed E-state index contributed by atoms with van der Waals surface area (Å²) < 4.78 is 5.06. The number of rotatable bonds is 4. The second kappa shape index (κ2) is 4.75. The molecule has 0 bridgehead atoms. The predicted octanol–water partition coefficient (Wildman–Crippen LogP) is 2.27. The summed E-state index contributed by atoms with van der Waals surface area (Å²) in [5, 5.41) is 17.9. The van der Waals surface area contributed by atoms with Gasteiger partial charge in [-0.05, 0) is 5.56 Å². The van der Waals surface area contributed by atoms with E-state index in [0.717, 1.165) is 11.8 Å². The molecule has 2 rings (SSSR count). The van der Waals surface area contributed by atoms with E-state index in [0.29, 0.717) is 0 Å². The number of benzene rings is 1. The topological polar surface area (TPSA) is 87.7 Å². The minimum absolute atomic E-state index is 0.145. The van der Waals surface area contributed by atoms with Gasteiger partial charge in [-0.2, -0.15) is 0 Å².